The predicted octanol–water partition coefficient (Wildman–Crippen LogP) is 6.08. The van der Waals surface area contributed by atoms with Gasteiger partial charge in [-0.3, -0.25) is 9.59 Å². The van der Waals surface area contributed by atoms with Crippen LogP contribution >= 0.6 is 58.0 Å². The lowest BCUT2D eigenvalue weighted by Crippen LogP contribution is -2.39. The lowest BCUT2D eigenvalue weighted by Gasteiger charge is -2.23. The van der Waals surface area contributed by atoms with Crippen molar-refractivity contribution in [3.8, 4) is 0 Å². The van der Waals surface area contributed by atoms with Crippen LogP contribution in [-0.2, 0) is 9.53 Å². The summed E-state index contributed by atoms with van der Waals surface area (Å²) < 4.78 is 4.01. The number of carbonyl (C=O) groups excluding carboxylic acids is 2. The van der Waals surface area contributed by atoms with Crippen LogP contribution in [0.1, 0.15) is 34.7 Å². The maximum Gasteiger partial charge on any atom is 0.253 e. The molecule has 2 N–H and O–H groups in total. The molecule has 0 radical (unpaired) electrons. The lowest BCUT2D eigenvalue weighted by atomic mass is 10.1. The highest BCUT2D eigenvalue weighted by molar-refractivity contribution is 6.53. The van der Waals surface area contributed by atoms with E-state index in [-0.39, 0.29) is 28.4 Å². The van der Waals surface area contributed by atoms with E-state index in [4.69, 9.17) is 62.7 Å². The average Bonchev–Trinajstić information content (AvgIpc) is 3.31. The summed E-state index contributed by atoms with van der Waals surface area (Å²) in [5.74, 6) is -1.87. The zero-order valence-electron chi connectivity index (χ0n) is 16.6. The zero-order chi connectivity index (χ0) is 23.0. The van der Waals surface area contributed by atoms with Gasteiger partial charge in [0.2, 0.25) is 5.91 Å². The van der Waals surface area contributed by atoms with Crippen molar-refractivity contribution in [2.24, 2.45) is 5.92 Å². The quantitative estimate of drug-likeness (QED) is 0.455. The number of nitrogens with one attached hydrogen (secondary N) is 2. The van der Waals surface area contributed by atoms with Crippen LogP contribution in [0.15, 0.2) is 36.4 Å². The van der Waals surface area contributed by atoms with Gasteiger partial charge in [0.15, 0.2) is 0 Å². The third-order valence-electron chi connectivity index (χ3n) is 5.62. The van der Waals surface area contributed by atoms with Crippen molar-refractivity contribution in [1.82, 2.24) is 5.32 Å². The molecule has 170 valence electrons. The summed E-state index contributed by atoms with van der Waals surface area (Å²) in [4.78, 5) is 25.6. The highest BCUT2D eigenvalue weighted by Crippen LogP contribution is 2.65. The van der Waals surface area contributed by atoms with E-state index in [1.165, 1.54) is 6.07 Å². The number of hydrogen-bond acceptors (Lipinski definition) is 3. The first kappa shape index (κ1) is 23.9. The molecular formula is C22H19Cl5N2O3. The molecule has 1 saturated carbocycles. The normalized spacial score (nSPS) is 22.3. The molecule has 4 rings (SSSR count). The number of alkyl halides is 2. The van der Waals surface area contributed by atoms with Crippen molar-refractivity contribution < 1.29 is 14.3 Å². The standard InChI is InChI=1S/C22H19Cl5N2O3/c23-12-7-11(8-13(24)9-12)18-19(22(18,26)27)21(31)29-15-1-2-17(25)16(10-15)20(30)28-14-3-5-32-6-4-14/h1-2,7-10,14,18-19H,3-6H2,(H,28,30)(H,29,31)/t18-,19+/m0/s1. The Morgan fingerprint density at radius 3 is 2.28 bits per heavy atom. The first-order valence-electron chi connectivity index (χ1n) is 9.99. The number of halogens is 5. The Morgan fingerprint density at radius 2 is 1.62 bits per heavy atom. The number of hydrogen-bond donors (Lipinski definition) is 2. The summed E-state index contributed by atoms with van der Waals surface area (Å²) in [5.41, 5.74) is 1.36. The molecular weight excluding hydrogens is 518 g/mol. The molecule has 2 amide bonds. The maximum absolute atomic E-state index is 12.9. The van der Waals surface area contributed by atoms with E-state index >= 15 is 0 Å². The first-order chi connectivity index (χ1) is 15.2. The van der Waals surface area contributed by atoms with E-state index in [0.29, 0.717) is 34.5 Å². The smallest absolute Gasteiger partial charge is 0.253 e. The van der Waals surface area contributed by atoms with Crippen molar-refractivity contribution in [3.05, 3.63) is 62.6 Å². The van der Waals surface area contributed by atoms with Gasteiger partial charge >= 0.3 is 0 Å². The Bertz CT molecular complexity index is 1040. The van der Waals surface area contributed by atoms with E-state index in [0.717, 1.165) is 12.8 Å². The third kappa shape index (κ3) is 5.14. The van der Waals surface area contributed by atoms with Gasteiger partial charge in [-0.25, -0.2) is 0 Å². The molecule has 0 bridgehead atoms. The van der Waals surface area contributed by atoms with Crippen molar-refractivity contribution in [1.29, 1.82) is 0 Å². The van der Waals surface area contributed by atoms with Crippen molar-refractivity contribution in [2.75, 3.05) is 18.5 Å². The van der Waals surface area contributed by atoms with Crippen LogP contribution in [0, 0.1) is 5.92 Å². The van der Waals surface area contributed by atoms with E-state index in [9.17, 15) is 9.59 Å². The van der Waals surface area contributed by atoms with Gasteiger partial charge < -0.3 is 15.4 Å². The minimum absolute atomic E-state index is 0.0235. The fourth-order valence-electron chi connectivity index (χ4n) is 3.92. The number of anilines is 1. The topological polar surface area (TPSA) is 67.4 Å². The number of carbonyl (C=O) groups is 2. The molecule has 2 aromatic carbocycles. The van der Waals surface area contributed by atoms with Gasteiger partial charge in [0.05, 0.1) is 16.5 Å². The minimum atomic E-state index is -1.30. The van der Waals surface area contributed by atoms with Gasteiger partial charge in [0, 0.05) is 40.9 Å². The van der Waals surface area contributed by atoms with Gasteiger partial charge in [0.25, 0.3) is 5.91 Å². The van der Waals surface area contributed by atoms with Gasteiger partial charge in [-0.05, 0) is 54.8 Å². The summed E-state index contributed by atoms with van der Waals surface area (Å²) >= 11 is 31.2. The van der Waals surface area contributed by atoms with Gasteiger partial charge in [0.1, 0.15) is 4.33 Å². The monoisotopic (exact) mass is 534 g/mol. The Kier molecular flexibility index (Phi) is 7.16. The molecule has 5 nitrogen and oxygen atoms in total. The Morgan fingerprint density at radius 1 is 0.969 bits per heavy atom. The van der Waals surface area contributed by atoms with Crippen molar-refractivity contribution >= 4 is 75.5 Å². The average molecular weight is 537 g/mol. The summed E-state index contributed by atoms with van der Waals surface area (Å²) in [6, 6.07) is 9.70. The maximum atomic E-state index is 12.9. The first-order valence-corrected chi connectivity index (χ1v) is 11.9. The largest absolute Gasteiger partial charge is 0.381 e. The Hall–Kier alpha value is -1.21. The molecule has 2 aliphatic rings. The second-order valence-corrected chi connectivity index (χ2v) is 10.6. The summed E-state index contributed by atoms with van der Waals surface area (Å²) in [5, 5.41) is 6.89. The molecule has 10 heteroatoms. The molecule has 2 aromatic rings. The number of benzene rings is 2. The van der Waals surface area contributed by atoms with Crippen LogP contribution in [0.3, 0.4) is 0 Å². The molecule has 1 heterocycles. The predicted molar refractivity (Wildman–Crippen MR) is 129 cm³/mol. The van der Waals surface area contributed by atoms with Crippen LogP contribution in [0.4, 0.5) is 5.69 Å². The van der Waals surface area contributed by atoms with Crippen LogP contribution in [-0.4, -0.2) is 35.4 Å². The van der Waals surface area contributed by atoms with Gasteiger partial charge in [-0.1, -0.05) is 34.8 Å². The van der Waals surface area contributed by atoms with Crippen molar-refractivity contribution in [3.63, 3.8) is 0 Å². The minimum Gasteiger partial charge on any atom is -0.381 e. The molecule has 1 aliphatic heterocycles. The number of rotatable bonds is 5. The third-order valence-corrected chi connectivity index (χ3v) is 7.32. The summed E-state index contributed by atoms with van der Waals surface area (Å²) in [6.07, 6.45) is 1.48. The summed E-state index contributed by atoms with van der Waals surface area (Å²) in [6.45, 7) is 1.21. The molecule has 0 aromatic heterocycles. The van der Waals surface area contributed by atoms with E-state index < -0.39 is 16.2 Å². The molecule has 2 atom stereocenters. The zero-order valence-corrected chi connectivity index (χ0v) is 20.4. The molecule has 0 spiro atoms. The Balaban J connectivity index is 1.47. The van der Waals surface area contributed by atoms with E-state index in [1.54, 1.807) is 30.3 Å². The van der Waals surface area contributed by atoms with E-state index in [1.807, 2.05) is 0 Å². The summed E-state index contributed by atoms with van der Waals surface area (Å²) in [7, 11) is 0. The van der Waals surface area contributed by atoms with Crippen LogP contribution in [0.5, 0.6) is 0 Å². The van der Waals surface area contributed by atoms with E-state index in [2.05, 4.69) is 10.6 Å². The highest BCUT2D eigenvalue weighted by atomic mass is 35.5. The fraction of sp³-hybridized carbons (Fsp3) is 0.364. The van der Waals surface area contributed by atoms with Gasteiger partial charge in [-0.15, -0.1) is 23.2 Å². The lowest BCUT2D eigenvalue weighted by molar-refractivity contribution is -0.117. The molecule has 1 saturated heterocycles. The van der Waals surface area contributed by atoms with Crippen LogP contribution < -0.4 is 10.6 Å². The fourth-order valence-corrected chi connectivity index (χ4v) is 5.50. The second-order valence-electron chi connectivity index (χ2n) is 7.88. The van der Waals surface area contributed by atoms with Crippen molar-refractivity contribution in [2.45, 2.75) is 29.1 Å². The molecule has 2 fully saturated rings. The highest BCUT2D eigenvalue weighted by Gasteiger charge is 2.67. The Labute approximate surface area is 210 Å². The molecule has 0 unspecified atom stereocenters. The molecule has 32 heavy (non-hydrogen) atoms. The van der Waals surface area contributed by atoms with Crippen LogP contribution in [0.2, 0.25) is 15.1 Å². The second kappa shape index (κ2) is 9.57. The number of ether oxygens (including phenoxy) is 1. The number of amides is 2. The van der Waals surface area contributed by atoms with Crippen LogP contribution in [0.25, 0.3) is 0 Å². The van der Waals surface area contributed by atoms with Gasteiger partial charge in [-0.2, -0.15) is 0 Å². The molecule has 1 aliphatic carbocycles. The SMILES string of the molecule is O=C(NC1CCOCC1)c1cc(NC(=O)[C@H]2[C@H](c3cc(Cl)cc(Cl)c3)C2(Cl)Cl)ccc1Cl.